The Labute approximate surface area is 79.4 Å². The number of nitrogens with zero attached hydrogens (tertiary/aromatic N) is 2. The molecule has 0 amide bonds. The van der Waals surface area contributed by atoms with E-state index in [-0.39, 0.29) is 38.7 Å². The van der Waals surface area contributed by atoms with Gasteiger partial charge in [0, 0.05) is 38.7 Å². The van der Waals surface area contributed by atoms with Crippen LogP contribution in [0.2, 0.25) is 0 Å². The van der Waals surface area contributed by atoms with E-state index < -0.39 is 0 Å². The maximum absolute atomic E-state index is 7.93. The quantitative estimate of drug-likeness (QED) is 0.198. The standard InChI is InChI=1S/C4H7N4.Y/c1-2-7-4(6)8-3-5;/h2H,1H3,(H3,6,7,8);/q-1;. The summed E-state index contributed by atoms with van der Waals surface area (Å²) < 4.78 is 0. The van der Waals surface area contributed by atoms with Gasteiger partial charge < -0.3 is 16.0 Å². The van der Waals surface area contributed by atoms with Gasteiger partial charge in [0.15, 0.2) is 6.19 Å². The number of rotatable bonds is 1. The third-order valence-corrected chi connectivity index (χ3v) is 0.452. The summed E-state index contributed by atoms with van der Waals surface area (Å²) in [5.74, 6) is 0.120. The van der Waals surface area contributed by atoms with Gasteiger partial charge >= 0.3 is 0 Å². The minimum atomic E-state index is 0. The van der Waals surface area contributed by atoms with Gasteiger partial charge in [0.1, 0.15) is 0 Å². The molecule has 0 saturated carbocycles. The minimum Gasteiger partial charge on any atom is -0.446 e. The van der Waals surface area contributed by atoms with Crippen LogP contribution in [0.3, 0.4) is 0 Å². The molecule has 0 aliphatic heterocycles. The van der Waals surface area contributed by atoms with Crippen LogP contribution in [0.4, 0.5) is 0 Å². The first kappa shape index (κ1) is 11.5. The SMILES string of the molecule is C[CH-]N=C(N)NC#N.[Y]. The average molecular weight is 200 g/mol. The summed E-state index contributed by atoms with van der Waals surface area (Å²) in [7, 11) is 0. The van der Waals surface area contributed by atoms with E-state index in [1.165, 1.54) is 6.54 Å². The molecule has 0 saturated heterocycles. The Balaban J connectivity index is 0. The van der Waals surface area contributed by atoms with Crippen molar-refractivity contribution in [3.63, 3.8) is 0 Å². The van der Waals surface area contributed by atoms with E-state index in [1.54, 1.807) is 13.1 Å². The number of nitriles is 1. The van der Waals surface area contributed by atoms with Gasteiger partial charge in [-0.25, -0.2) is 0 Å². The van der Waals surface area contributed by atoms with Crippen molar-refractivity contribution in [3.05, 3.63) is 6.54 Å². The van der Waals surface area contributed by atoms with E-state index in [1.807, 2.05) is 0 Å². The van der Waals surface area contributed by atoms with Gasteiger partial charge in [0.25, 0.3) is 0 Å². The van der Waals surface area contributed by atoms with Crippen molar-refractivity contribution in [1.82, 2.24) is 5.32 Å². The summed E-state index contributed by atoms with van der Waals surface area (Å²) in [6, 6.07) is 0. The average Bonchev–Trinajstić information content (AvgIpc) is 1.68. The maximum Gasteiger partial charge on any atom is 0.166 e. The van der Waals surface area contributed by atoms with Crippen LogP contribution in [-0.4, -0.2) is 5.96 Å². The second-order valence-corrected chi connectivity index (χ2v) is 1.01. The molecule has 4 nitrogen and oxygen atoms in total. The zero-order chi connectivity index (χ0) is 6.41. The van der Waals surface area contributed by atoms with Crippen LogP contribution in [0.25, 0.3) is 0 Å². The molecular weight excluding hydrogens is 193 g/mol. The number of aliphatic imine (C=N–C) groups is 1. The van der Waals surface area contributed by atoms with E-state index >= 15 is 0 Å². The van der Waals surface area contributed by atoms with E-state index in [9.17, 15) is 0 Å². The predicted molar refractivity (Wildman–Crippen MR) is 30.3 cm³/mol. The first-order chi connectivity index (χ1) is 3.81. The van der Waals surface area contributed by atoms with E-state index in [4.69, 9.17) is 11.0 Å². The molecule has 5 heteroatoms. The van der Waals surface area contributed by atoms with Gasteiger partial charge in [-0.1, -0.05) is 6.92 Å². The van der Waals surface area contributed by atoms with Gasteiger partial charge in [0.05, 0.1) is 0 Å². The smallest absolute Gasteiger partial charge is 0.166 e. The molecule has 0 heterocycles. The van der Waals surface area contributed by atoms with Crippen LogP contribution in [0.1, 0.15) is 6.92 Å². The molecule has 0 aromatic rings. The van der Waals surface area contributed by atoms with Crippen molar-refractivity contribution in [2.45, 2.75) is 6.92 Å². The second-order valence-electron chi connectivity index (χ2n) is 1.01. The zero-order valence-corrected chi connectivity index (χ0v) is 7.96. The molecule has 0 unspecified atom stereocenters. The van der Waals surface area contributed by atoms with Crippen molar-refractivity contribution in [2.75, 3.05) is 0 Å². The maximum atomic E-state index is 7.93. The predicted octanol–water partition coefficient (Wildman–Crippen LogP) is -0.449. The fourth-order valence-electron chi connectivity index (χ4n) is 0.229. The molecule has 1 radical (unpaired) electrons. The van der Waals surface area contributed by atoms with Crippen molar-refractivity contribution < 1.29 is 32.7 Å². The first-order valence-corrected chi connectivity index (χ1v) is 2.07. The number of guanidine groups is 1. The summed E-state index contributed by atoms with van der Waals surface area (Å²) in [5.41, 5.74) is 5.08. The van der Waals surface area contributed by atoms with Crippen molar-refractivity contribution >= 4 is 5.96 Å². The summed E-state index contributed by atoms with van der Waals surface area (Å²) in [6.45, 7) is 3.21. The molecule has 0 aliphatic carbocycles. The Morgan fingerprint density at radius 1 is 1.89 bits per heavy atom. The van der Waals surface area contributed by atoms with Crippen LogP contribution in [0.5, 0.6) is 0 Å². The Morgan fingerprint density at radius 3 is 2.78 bits per heavy atom. The van der Waals surface area contributed by atoms with Crippen LogP contribution in [0, 0.1) is 18.0 Å². The summed E-state index contributed by atoms with van der Waals surface area (Å²) in [5, 5.41) is 10.1. The molecule has 0 aromatic heterocycles. The molecule has 0 fully saturated rings. The Bertz CT molecular complexity index is 125. The Kier molecular flexibility index (Phi) is 9.90. The summed E-state index contributed by atoms with van der Waals surface area (Å²) >= 11 is 0. The molecule has 0 aliphatic rings. The number of hydrogen-bond acceptors (Lipinski definition) is 2. The topological polar surface area (TPSA) is 74.2 Å². The van der Waals surface area contributed by atoms with Gasteiger partial charge in [-0.15, -0.1) is 6.54 Å². The normalized spacial score (nSPS) is 8.67. The Hall–Kier alpha value is -0.266. The molecule has 3 N–H and O–H groups in total. The van der Waals surface area contributed by atoms with E-state index in [0.717, 1.165) is 0 Å². The molecule has 0 bridgehead atoms. The summed E-state index contributed by atoms with van der Waals surface area (Å²) in [4.78, 5) is 3.55. The molecule has 0 rings (SSSR count). The van der Waals surface area contributed by atoms with Crippen LogP contribution >= 0.6 is 0 Å². The van der Waals surface area contributed by atoms with E-state index in [2.05, 4.69) is 10.3 Å². The van der Waals surface area contributed by atoms with Crippen molar-refractivity contribution in [3.8, 4) is 6.19 Å². The van der Waals surface area contributed by atoms with Crippen LogP contribution in [-0.2, 0) is 32.7 Å². The van der Waals surface area contributed by atoms with Gasteiger partial charge in [-0.2, -0.15) is 5.26 Å². The molecule has 0 aromatic carbocycles. The third-order valence-electron chi connectivity index (χ3n) is 0.452. The fourth-order valence-corrected chi connectivity index (χ4v) is 0.229. The molecule has 9 heavy (non-hydrogen) atoms. The Morgan fingerprint density at radius 2 is 2.44 bits per heavy atom. The largest absolute Gasteiger partial charge is 0.446 e. The van der Waals surface area contributed by atoms with Gasteiger partial charge in [0.2, 0.25) is 0 Å². The number of nitrogens with two attached hydrogens (primary N) is 1. The first-order valence-electron chi connectivity index (χ1n) is 2.07. The zero-order valence-electron chi connectivity index (χ0n) is 5.13. The van der Waals surface area contributed by atoms with Crippen LogP contribution < -0.4 is 11.1 Å². The van der Waals surface area contributed by atoms with Crippen molar-refractivity contribution in [2.24, 2.45) is 10.7 Å². The molecular formula is C4H7N4Y-. The number of nitrogens with one attached hydrogen (secondary N) is 1. The fraction of sp³-hybridized carbons (Fsp3) is 0.250. The second kappa shape index (κ2) is 7.73. The van der Waals surface area contributed by atoms with Gasteiger partial charge in [-0.3, -0.25) is 0 Å². The van der Waals surface area contributed by atoms with Crippen LogP contribution in [0.15, 0.2) is 4.99 Å². The van der Waals surface area contributed by atoms with Crippen molar-refractivity contribution in [1.29, 1.82) is 5.26 Å². The summed E-state index contributed by atoms with van der Waals surface area (Å²) in [6.07, 6.45) is 1.63. The van der Waals surface area contributed by atoms with Gasteiger partial charge in [-0.05, 0) is 0 Å². The molecule has 0 atom stereocenters. The third kappa shape index (κ3) is 7.73. The molecule has 0 spiro atoms. The van der Waals surface area contributed by atoms with E-state index in [0.29, 0.717) is 0 Å². The monoisotopic (exact) mass is 200 g/mol. The minimum absolute atomic E-state index is 0. The molecule has 47 valence electrons. The number of hydrogen-bond donors (Lipinski definition) is 2.